The molecule has 7 heteroatoms. The van der Waals surface area contributed by atoms with Gasteiger partial charge in [0.05, 0.1) is 12.8 Å². The zero-order valence-electron chi connectivity index (χ0n) is 14.5. The van der Waals surface area contributed by atoms with Gasteiger partial charge in [0.15, 0.2) is 0 Å². The molecule has 0 aliphatic rings. The predicted molar refractivity (Wildman–Crippen MR) is 101 cm³/mol. The van der Waals surface area contributed by atoms with Gasteiger partial charge in [0, 0.05) is 34.1 Å². The highest BCUT2D eigenvalue weighted by molar-refractivity contribution is 7.84. The van der Waals surface area contributed by atoms with Crippen LogP contribution >= 0.6 is 0 Å². The van der Waals surface area contributed by atoms with E-state index in [0.717, 1.165) is 21.8 Å². The molecule has 1 aromatic heterocycles. The van der Waals surface area contributed by atoms with Crippen molar-refractivity contribution in [3.8, 4) is 17.0 Å². The Morgan fingerprint density at radius 2 is 1.96 bits per heavy atom. The van der Waals surface area contributed by atoms with E-state index in [1.807, 2.05) is 36.4 Å². The molecular formula is C19H19N3O3S. The third-order valence-corrected chi connectivity index (χ3v) is 4.83. The standard InChI is InChI=1S/C19H19N3O3S/c1-25-15-5-3-4-14(10-15)17-11-18(22-21-17)19(23)20-12-13-6-8-16(9-7-13)26(2)24/h3-11H,12H2,1-2H3,(H,20,23)(H,21,22). The lowest BCUT2D eigenvalue weighted by Crippen LogP contribution is -2.23. The predicted octanol–water partition coefficient (Wildman–Crippen LogP) is 2.75. The summed E-state index contributed by atoms with van der Waals surface area (Å²) in [6.45, 7) is 0.378. The number of rotatable bonds is 6. The van der Waals surface area contributed by atoms with E-state index < -0.39 is 10.8 Å². The van der Waals surface area contributed by atoms with Crippen LogP contribution in [0, 0.1) is 0 Å². The van der Waals surface area contributed by atoms with Crippen molar-refractivity contribution in [1.29, 1.82) is 0 Å². The molecule has 0 aliphatic heterocycles. The molecule has 2 aromatic carbocycles. The lowest BCUT2D eigenvalue weighted by atomic mass is 10.1. The highest BCUT2D eigenvalue weighted by Crippen LogP contribution is 2.22. The number of benzene rings is 2. The maximum atomic E-state index is 12.3. The van der Waals surface area contributed by atoms with Crippen LogP contribution in [0.25, 0.3) is 11.3 Å². The zero-order valence-corrected chi connectivity index (χ0v) is 15.3. The summed E-state index contributed by atoms with van der Waals surface area (Å²) in [5, 5.41) is 9.79. The van der Waals surface area contributed by atoms with Crippen LogP contribution in [0.4, 0.5) is 0 Å². The molecule has 0 aliphatic carbocycles. The first kappa shape index (κ1) is 17.9. The number of aromatic nitrogens is 2. The second kappa shape index (κ2) is 7.97. The van der Waals surface area contributed by atoms with Crippen molar-refractivity contribution >= 4 is 16.7 Å². The van der Waals surface area contributed by atoms with Crippen molar-refractivity contribution < 1.29 is 13.7 Å². The number of nitrogens with zero attached hydrogens (tertiary/aromatic N) is 1. The lowest BCUT2D eigenvalue weighted by molar-refractivity contribution is 0.0946. The van der Waals surface area contributed by atoms with Crippen molar-refractivity contribution in [1.82, 2.24) is 15.5 Å². The fourth-order valence-corrected chi connectivity index (χ4v) is 2.96. The summed E-state index contributed by atoms with van der Waals surface area (Å²) in [5.74, 6) is 0.489. The van der Waals surface area contributed by atoms with E-state index in [9.17, 15) is 9.00 Å². The SMILES string of the molecule is COc1cccc(-c2cc(C(=O)NCc3ccc(S(C)=O)cc3)[nH]n2)c1. The average Bonchev–Trinajstić information content (AvgIpc) is 3.17. The van der Waals surface area contributed by atoms with Crippen LogP contribution in [-0.2, 0) is 17.3 Å². The van der Waals surface area contributed by atoms with Gasteiger partial charge in [0.2, 0.25) is 0 Å². The molecule has 3 aromatic rings. The van der Waals surface area contributed by atoms with Crippen LogP contribution < -0.4 is 10.1 Å². The van der Waals surface area contributed by atoms with Gasteiger partial charge in [-0.25, -0.2) is 0 Å². The zero-order chi connectivity index (χ0) is 18.5. The Morgan fingerprint density at radius 1 is 1.19 bits per heavy atom. The lowest BCUT2D eigenvalue weighted by Gasteiger charge is -2.04. The second-order valence-electron chi connectivity index (χ2n) is 5.68. The Balaban J connectivity index is 1.65. The van der Waals surface area contributed by atoms with Gasteiger partial charge < -0.3 is 10.1 Å². The number of aromatic amines is 1. The molecule has 1 atom stereocenters. The number of methoxy groups -OCH3 is 1. The van der Waals surface area contributed by atoms with Crippen LogP contribution in [0.1, 0.15) is 16.1 Å². The number of nitrogens with one attached hydrogen (secondary N) is 2. The van der Waals surface area contributed by atoms with Crippen LogP contribution in [0.3, 0.4) is 0 Å². The monoisotopic (exact) mass is 369 g/mol. The first-order valence-corrected chi connectivity index (χ1v) is 9.53. The van der Waals surface area contributed by atoms with E-state index in [2.05, 4.69) is 15.5 Å². The highest BCUT2D eigenvalue weighted by atomic mass is 32.2. The van der Waals surface area contributed by atoms with Crippen LogP contribution in [-0.4, -0.2) is 33.7 Å². The van der Waals surface area contributed by atoms with Crippen LogP contribution in [0.5, 0.6) is 5.75 Å². The molecule has 6 nitrogen and oxygen atoms in total. The summed E-state index contributed by atoms with van der Waals surface area (Å²) in [6, 6.07) is 16.5. The van der Waals surface area contributed by atoms with Crippen molar-refractivity contribution in [3.63, 3.8) is 0 Å². The minimum Gasteiger partial charge on any atom is -0.497 e. The third kappa shape index (κ3) is 4.18. The fraction of sp³-hybridized carbons (Fsp3) is 0.158. The number of ether oxygens (including phenoxy) is 1. The normalized spacial score (nSPS) is 11.8. The van der Waals surface area contributed by atoms with Gasteiger partial charge in [-0.2, -0.15) is 5.10 Å². The molecule has 0 saturated carbocycles. The molecule has 26 heavy (non-hydrogen) atoms. The maximum absolute atomic E-state index is 12.3. The van der Waals surface area contributed by atoms with Gasteiger partial charge in [0.1, 0.15) is 11.4 Å². The van der Waals surface area contributed by atoms with Crippen molar-refractivity contribution in [2.24, 2.45) is 0 Å². The molecule has 1 amide bonds. The first-order chi connectivity index (χ1) is 12.6. The average molecular weight is 369 g/mol. The Bertz CT molecular complexity index is 935. The van der Waals surface area contributed by atoms with E-state index in [4.69, 9.17) is 4.74 Å². The van der Waals surface area contributed by atoms with Crippen molar-refractivity contribution in [2.75, 3.05) is 13.4 Å². The number of carbonyl (C=O) groups excluding carboxylic acids is 1. The molecule has 3 rings (SSSR count). The van der Waals surface area contributed by atoms with E-state index in [1.165, 1.54) is 0 Å². The van der Waals surface area contributed by atoms with E-state index in [1.54, 1.807) is 31.6 Å². The topological polar surface area (TPSA) is 84.1 Å². The quantitative estimate of drug-likeness (QED) is 0.700. The summed E-state index contributed by atoms with van der Waals surface area (Å²) in [5.41, 5.74) is 2.85. The highest BCUT2D eigenvalue weighted by Gasteiger charge is 2.11. The van der Waals surface area contributed by atoms with Gasteiger partial charge in [0.25, 0.3) is 5.91 Å². The van der Waals surface area contributed by atoms with Gasteiger partial charge in [-0.1, -0.05) is 24.3 Å². The van der Waals surface area contributed by atoms with E-state index in [0.29, 0.717) is 17.9 Å². The molecule has 0 spiro atoms. The molecule has 0 bridgehead atoms. The minimum atomic E-state index is -1.01. The first-order valence-electron chi connectivity index (χ1n) is 7.97. The molecule has 0 fully saturated rings. The molecule has 1 heterocycles. The summed E-state index contributed by atoms with van der Waals surface area (Å²) in [4.78, 5) is 13.1. The van der Waals surface area contributed by atoms with Crippen LogP contribution in [0.2, 0.25) is 0 Å². The van der Waals surface area contributed by atoms with Gasteiger partial charge in [-0.15, -0.1) is 0 Å². The molecule has 134 valence electrons. The fourth-order valence-electron chi connectivity index (χ4n) is 2.44. The summed E-state index contributed by atoms with van der Waals surface area (Å²) < 4.78 is 16.6. The maximum Gasteiger partial charge on any atom is 0.269 e. The number of hydrogen-bond acceptors (Lipinski definition) is 4. The number of carbonyl (C=O) groups is 1. The largest absolute Gasteiger partial charge is 0.497 e. The molecular weight excluding hydrogens is 350 g/mol. The van der Waals surface area contributed by atoms with Crippen molar-refractivity contribution in [3.05, 3.63) is 65.9 Å². The number of H-pyrrole nitrogens is 1. The minimum absolute atomic E-state index is 0.241. The molecule has 2 N–H and O–H groups in total. The summed E-state index contributed by atoms with van der Waals surface area (Å²) in [7, 11) is 0.597. The molecule has 1 unspecified atom stereocenters. The summed E-state index contributed by atoms with van der Waals surface area (Å²) >= 11 is 0. The Kier molecular flexibility index (Phi) is 5.48. The molecule has 0 saturated heterocycles. The Hall–Kier alpha value is -2.93. The van der Waals surface area contributed by atoms with E-state index in [-0.39, 0.29) is 5.91 Å². The Labute approximate surface area is 154 Å². The smallest absolute Gasteiger partial charge is 0.269 e. The van der Waals surface area contributed by atoms with Crippen molar-refractivity contribution in [2.45, 2.75) is 11.4 Å². The number of amides is 1. The second-order valence-corrected chi connectivity index (χ2v) is 7.06. The van der Waals surface area contributed by atoms with Gasteiger partial charge >= 0.3 is 0 Å². The van der Waals surface area contributed by atoms with Gasteiger partial charge in [-0.3, -0.25) is 14.1 Å². The van der Waals surface area contributed by atoms with Crippen LogP contribution in [0.15, 0.2) is 59.5 Å². The number of hydrogen-bond donors (Lipinski definition) is 2. The van der Waals surface area contributed by atoms with Gasteiger partial charge in [-0.05, 0) is 35.9 Å². The van der Waals surface area contributed by atoms with E-state index >= 15 is 0 Å². The molecule has 0 radical (unpaired) electrons. The third-order valence-electron chi connectivity index (χ3n) is 3.90. The summed E-state index contributed by atoms with van der Waals surface area (Å²) in [6.07, 6.45) is 1.63. The Morgan fingerprint density at radius 3 is 2.65 bits per heavy atom.